The fourth-order valence-electron chi connectivity index (χ4n) is 2.10. The summed E-state index contributed by atoms with van der Waals surface area (Å²) in [5, 5.41) is 3.88. The van der Waals surface area contributed by atoms with E-state index in [4.69, 9.17) is 0 Å². The molecule has 0 radical (unpaired) electrons. The first-order valence-electron chi connectivity index (χ1n) is 7.36. The Balaban J connectivity index is 1.79. The van der Waals surface area contributed by atoms with Gasteiger partial charge in [0.2, 0.25) is 0 Å². The molecule has 6 nitrogen and oxygen atoms in total. The molecular formula is C16H9F4N3O3S2. The normalized spacial score (nSPS) is 11.3. The van der Waals surface area contributed by atoms with Crippen molar-refractivity contribution in [1.29, 1.82) is 0 Å². The van der Waals surface area contributed by atoms with Crippen LogP contribution in [0.15, 0.2) is 46.8 Å². The van der Waals surface area contributed by atoms with E-state index in [0.717, 1.165) is 23.5 Å². The van der Waals surface area contributed by atoms with E-state index in [1.54, 1.807) is 5.38 Å². The van der Waals surface area contributed by atoms with E-state index < -0.39 is 44.8 Å². The molecule has 0 aliphatic rings. The number of carbonyl (C=O) groups is 1. The first-order chi connectivity index (χ1) is 13.2. The van der Waals surface area contributed by atoms with Crippen LogP contribution in [0.1, 0.15) is 10.4 Å². The molecule has 0 unspecified atom stereocenters. The number of sulfonamides is 1. The number of benzene rings is 2. The topological polar surface area (TPSA) is 88.2 Å². The molecule has 2 aromatic carbocycles. The number of halogens is 4. The highest BCUT2D eigenvalue weighted by Crippen LogP contribution is 2.22. The number of amides is 1. The summed E-state index contributed by atoms with van der Waals surface area (Å²) in [5.41, 5.74) is -1.03. The van der Waals surface area contributed by atoms with Crippen LogP contribution < -0.4 is 10.0 Å². The third-order valence-corrected chi connectivity index (χ3v) is 5.60. The van der Waals surface area contributed by atoms with E-state index in [2.05, 4.69) is 15.0 Å². The van der Waals surface area contributed by atoms with E-state index in [1.807, 2.05) is 0 Å². The zero-order chi connectivity index (χ0) is 20.5. The summed E-state index contributed by atoms with van der Waals surface area (Å²) in [6.07, 6.45) is 1.42. The molecule has 12 heteroatoms. The summed E-state index contributed by atoms with van der Waals surface area (Å²) in [6.45, 7) is 0. The largest absolute Gasteiger partial charge is 0.322 e. The highest BCUT2D eigenvalue weighted by molar-refractivity contribution is 7.93. The van der Waals surface area contributed by atoms with Crippen LogP contribution in [0.3, 0.4) is 0 Å². The van der Waals surface area contributed by atoms with Gasteiger partial charge in [0.15, 0.2) is 28.4 Å². The van der Waals surface area contributed by atoms with Gasteiger partial charge in [-0.2, -0.15) is 0 Å². The average molecular weight is 431 g/mol. The predicted octanol–water partition coefficient (Wildman–Crippen LogP) is 3.75. The third-order valence-electron chi connectivity index (χ3n) is 3.42. The minimum atomic E-state index is -3.92. The van der Waals surface area contributed by atoms with Crippen LogP contribution in [0.5, 0.6) is 0 Å². The molecule has 3 rings (SSSR count). The van der Waals surface area contributed by atoms with Crippen LogP contribution in [0, 0.1) is 23.3 Å². The van der Waals surface area contributed by atoms with E-state index >= 15 is 0 Å². The first-order valence-corrected chi connectivity index (χ1v) is 9.72. The summed E-state index contributed by atoms with van der Waals surface area (Å²) >= 11 is 1.08. The van der Waals surface area contributed by atoms with Crippen LogP contribution in [0.25, 0.3) is 0 Å². The van der Waals surface area contributed by atoms with E-state index in [1.165, 1.54) is 18.3 Å². The lowest BCUT2D eigenvalue weighted by Crippen LogP contribution is -2.16. The Morgan fingerprint density at radius 1 is 1.00 bits per heavy atom. The van der Waals surface area contributed by atoms with Gasteiger partial charge in [0.25, 0.3) is 15.9 Å². The second-order valence-corrected chi connectivity index (χ2v) is 7.85. The molecule has 0 fully saturated rings. The Morgan fingerprint density at radius 3 is 2.29 bits per heavy atom. The predicted molar refractivity (Wildman–Crippen MR) is 93.6 cm³/mol. The van der Waals surface area contributed by atoms with Crippen molar-refractivity contribution in [1.82, 2.24) is 4.98 Å². The van der Waals surface area contributed by atoms with Crippen LogP contribution in [-0.4, -0.2) is 19.3 Å². The Bertz CT molecular complexity index is 1130. The lowest BCUT2D eigenvalue weighted by Gasteiger charge is -2.09. The number of nitrogens with one attached hydrogen (secondary N) is 2. The third kappa shape index (κ3) is 3.97. The minimum Gasteiger partial charge on any atom is -0.322 e. The van der Waals surface area contributed by atoms with Gasteiger partial charge < -0.3 is 5.32 Å². The van der Waals surface area contributed by atoms with Crippen LogP contribution in [0.4, 0.5) is 28.4 Å². The molecule has 28 heavy (non-hydrogen) atoms. The molecule has 0 saturated heterocycles. The Kier molecular flexibility index (Phi) is 5.34. The fraction of sp³-hybridized carbons (Fsp3) is 0. The molecule has 146 valence electrons. The maximum absolute atomic E-state index is 13.7. The number of hydrogen-bond acceptors (Lipinski definition) is 5. The Morgan fingerprint density at radius 2 is 1.68 bits per heavy atom. The number of anilines is 2. The Hall–Kier alpha value is -2.99. The van der Waals surface area contributed by atoms with Crippen molar-refractivity contribution in [3.63, 3.8) is 0 Å². The fourth-order valence-corrected chi connectivity index (χ4v) is 3.89. The first kappa shape index (κ1) is 19.8. The van der Waals surface area contributed by atoms with Crippen molar-refractivity contribution in [2.24, 2.45) is 0 Å². The van der Waals surface area contributed by atoms with Gasteiger partial charge in [-0.3, -0.25) is 9.52 Å². The quantitative estimate of drug-likeness (QED) is 0.366. The summed E-state index contributed by atoms with van der Waals surface area (Å²) in [7, 11) is -3.92. The van der Waals surface area contributed by atoms with E-state index in [-0.39, 0.29) is 21.8 Å². The maximum atomic E-state index is 13.7. The monoisotopic (exact) mass is 431 g/mol. The number of hydrogen-bond donors (Lipinski definition) is 2. The van der Waals surface area contributed by atoms with Gasteiger partial charge >= 0.3 is 0 Å². The second kappa shape index (κ2) is 7.56. The van der Waals surface area contributed by atoms with Crippen LogP contribution in [0.2, 0.25) is 0 Å². The van der Waals surface area contributed by atoms with Crippen molar-refractivity contribution < 1.29 is 30.8 Å². The molecule has 0 bridgehead atoms. The summed E-state index contributed by atoms with van der Waals surface area (Å²) in [4.78, 5) is 15.6. The molecule has 1 amide bonds. The second-order valence-electron chi connectivity index (χ2n) is 5.27. The van der Waals surface area contributed by atoms with Crippen LogP contribution in [-0.2, 0) is 10.0 Å². The standard InChI is InChI=1S/C16H9F4N3O3S2/c17-11-7-10(12(18)14(20)13(11)19)15(24)22-8-1-3-9(4-2-8)28(25,26)23-16-21-5-6-27-16/h1-7H,(H,21,23)(H,22,24). The van der Waals surface area contributed by atoms with Gasteiger partial charge in [-0.25, -0.2) is 31.0 Å². The van der Waals surface area contributed by atoms with Gasteiger partial charge in [0.1, 0.15) is 0 Å². The SMILES string of the molecule is O=C(Nc1ccc(S(=O)(=O)Nc2nccs2)cc1)c1cc(F)c(F)c(F)c1F. The summed E-state index contributed by atoms with van der Waals surface area (Å²) in [6, 6.07) is 4.88. The summed E-state index contributed by atoms with van der Waals surface area (Å²) in [5.74, 6) is -8.95. The van der Waals surface area contributed by atoms with Crippen molar-refractivity contribution in [2.45, 2.75) is 4.90 Å². The number of aromatic nitrogens is 1. The van der Waals surface area contributed by atoms with Gasteiger partial charge in [-0.05, 0) is 30.3 Å². The zero-order valence-corrected chi connectivity index (χ0v) is 15.2. The van der Waals surface area contributed by atoms with Gasteiger partial charge in [0.05, 0.1) is 10.5 Å². The molecule has 1 heterocycles. The van der Waals surface area contributed by atoms with Gasteiger partial charge in [-0.15, -0.1) is 11.3 Å². The molecule has 3 aromatic rings. The maximum Gasteiger partial charge on any atom is 0.263 e. The van der Waals surface area contributed by atoms with Crippen LogP contribution >= 0.6 is 11.3 Å². The van der Waals surface area contributed by atoms with E-state index in [9.17, 15) is 30.8 Å². The molecule has 0 atom stereocenters. The number of thiazole rings is 1. The molecular weight excluding hydrogens is 422 g/mol. The molecule has 0 aliphatic carbocycles. The lowest BCUT2D eigenvalue weighted by atomic mass is 10.1. The number of nitrogens with zero attached hydrogens (tertiary/aromatic N) is 1. The molecule has 0 aliphatic heterocycles. The van der Waals surface area contributed by atoms with Crippen molar-refractivity contribution in [2.75, 3.05) is 10.0 Å². The smallest absolute Gasteiger partial charge is 0.263 e. The zero-order valence-electron chi connectivity index (χ0n) is 13.5. The molecule has 0 spiro atoms. The van der Waals surface area contributed by atoms with Gasteiger partial charge in [0, 0.05) is 17.3 Å². The summed E-state index contributed by atoms with van der Waals surface area (Å²) < 4.78 is 79.8. The molecule has 0 saturated carbocycles. The minimum absolute atomic E-state index is 0.0164. The van der Waals surface area contributed by atoms with Crippen molar-refractivity contribution >= 4 is 38.1 Å². The number of rotatable bonds is 5. The highest BCUT2D eigenvalue weighted by Gasteiger charge is 2.23. The van der Waals surface area contributed by atoms with Gasteiger partial charge in [-0.1, -0.05) is 0 Å². The Labute approximate surface area is 159 Å². The van der Waals surface area contributed by atoms with Crippen molar-refractivity contribution in [3.8, 4) is 0 Å². The number of carbonyl (C=O) groups excluding carboxylic acids is 1. The van der Waals surface area contributed by atoms with Crippen molar-refractivity contribution in [3.05, 3.63) is 70.7 Å². The molecule has 1 aromatic heterocycles. The van der Waals surface area contributed by atoms with E-state index in [0.29, 0.717) is 0 Å². The average Bonchev–Trinajstić information content (AvgIpc) is 3.15. The lowest BCUT2D eigenvalue weighted by molar-refractivity contribution is 0.102. The highest BCUT2D eigenvalue weighted by atomic mass is 32.2. The molecule has 2 N–H and O–H groups in total.